The molecule has 0 saturated carbocycles. The Morgan fingerprint density at radius 2 is 1.34 bits per heavy atom. The van der Waals surface area contributed by atoms with Gasteiger partial charge in [0.2, 0.25) is 33.7 Å². The molecule has 73 heavy (non-hydrogen) atoms. The van der Waals surface area contributed by atoms with Crippen LogP contribution < -0.4 is 30.9 Å². The Balaban J connectivity index is 1.41. The first-order chi connectivity index (χ1) is 34.6. The van der Waals surface area contributed by atoms with E-state index in [1.54, 1.807) is 39.0 Å². The highest BCUT2D eigenvalue weighted by Gasteiger charge is 2.34. The first-order valence-corrected chi connectivity index (χ1v) is 27.5. The van der Waals surface area contributed by atoms with E-state index in [2.05, 4.69) is 51.1 Å². The number of nitrogens with zero attached hydrogens (tertiary/aromatic N) is 1. The van der Waals surface area contributed by atoms with Crippen LogP contribution in [0.25, 0.3) is 10.8 Å². The van der Waals surface area contributed by atoms with Crippen molar-refractivity contribution in [2.24, 2.45) is 11.8 Å². The van der Waals surface area contributed by atoms with Crippen LogP contribution in [-0.2, 0) is 40.4 Å². The summed E-state index contributed by atoms with van der Waals surface area (Å²) in [6.45, 7) is 11.8. The number of thioether (sulfide) groups is 1. The van der Waals surface area contributed by atoms with Gasteiger partial charge in [-0.1, -0.05) is 130 Å². The Morgan fingerprint density at radius 3 is 2.01 bits per heavy atom. The van der Waals surface area contributed by atoms with E-state index in [9.17, 15) is 42.3 Å². The normalized spacial score (nSPS) is 14.1. The summed E-state index contributed by atoms with van der Waals surface area (Å²) in [4.78, 5) is 81.0. The summed E-state index contributed by atoms with van der Waals surface area (Å²) in [6.07, 6.45) is 9.15. The predicted molar refractivity (Wildman–Crippen MR) is 292 cm³/mol. The highest BCUT2D eigenvalue weighted by atomic mass is 32.2. The first kappa shape index (κ1) is 59.3. The van der Waals surface area contributed by atoms with E-state index >= 15 is 0 Å². The molecule has 0 aliphatic heterocycles. The standard InChI is InChI=1S/C56H74N6O9S2/c1-10-39(6)51(55(67)58-40(7)56(68)69)61-54(66)50(36(2)3)60-53(65)46(59-49(63)34-57-73(70,71)48-30-18-27-44-45(48)28-17-29-47(44)62(8)9)35-72-32-31-38(5)20-14-19-37(4)21-15-22-41-23-16-26-43(33-41)52(64)42-24-12-11-13-25-42/h11-13,16-19,23-31,33,36,39-40,46,50-51,57H,10,14-15,20-22,32,34-35H2,1-9H3,(H,58,67)(H,59,63)(H,60,65)(H,61,66)(H,68,69)/b37-19+,38-31+/t39-,40-,46-,50-,51-/m0/s1. The number of aliphatic carboxylic acids is 1. The van der Waals surface area contributed by atoms with Crippen molar-refractivity contribution in [2.45, 2.75) is 116 Å². The molecule has 0 radical (unpaired) electrons. The molecule has 4 aromatic carbocycles. The van der Waals surface area contributed by atoms with Gasteiger partial charge in [-0.25, -0.2) is 13.1 Å². The van der Waals surface area contributed by atoms with Crippen molar-refractivity contribution in [3.8, 4) is 0 Å². The summed E-state index contributed by atoms with van der Waals surface area (Å²) >= 11 is 1.38. The smallest absolute Gasteiger partial charge is 0.325 e. The lowest BCUT2D eigenvalue weighted by Gasteiger charge is -2.29. The maximum atomic E-state index is 14.1. The second kappa shape index (κ2) is 28.8. The fraction of sp³-hybridized carbons (Fsp3) is 0.429. The third kappa shape index (κ3) is 18.3. The minimum atomic E-state index is -4.21. The van der Waals surface area contributed by atoms with Crippen LogP contribution in [0.15, 0.2) is 119 Å². The fourth-order valence-corrected chi connectivity index (χ4v) is 10.2. The number of nitrogens with one attached hydrogen (secondary N) is 5. The number of carbonyl (C=O) groups excluding carboxylic acids is 5. The number of rotatable bonds is 29. The van der Waals surface area contributed by atoms with Crippen molar-refractivity contribution in [3.63, 3.8) is 0 Å². The maximum absolute atomic E-state index is 14.1. The van der Waals surface area contributed by atoms with Crippen molar-refractivity contribution in [1.82, 2.24) is 26.0 Å². The molecule has 0 unspecified atom stereocenters. The minimum Gasteiger partial charge on any atom is -0.480 e. The van der Waals surface area contributed by atoms with E-state index in [4.69, 9.17) is 0 Å². The van der Waals surface area contributed by atoms with Crippen LogP contribution in [0.4, 0.5) is 5.69 Å². The molecule has 4 aromatic rings. The summed E-state index contributed by atoms with van der Waals surface area (Å²) in [7, 11) is -0.498. The topological polar surface area (TPSA) is 220 Å². The predicted octanol–water partition coefficient (Wildman–Crippen LogP) is 7.59. The lowest BCUT2D eigenvalue weighted by molar-refractivity contribution is -0.142. The van der Waals surface area contributed by atoms with Gasteiger partial charge >= 0.3 is 5.97 Å². The SMILES string of the molecule is CC[C@H](C)[C@H](NC(=O)[C@@H](NC(=O)[C@H](CSC/C=C(\C)CC/C=C(\C)CCCc1cccc(C(=O)c2ccccc2)c1)NC(=O)CNS(=O)(=O)c1cccc2c(N(C)C)cccc12)C(C)C)C(=O)N[C@@H](C)C(=O)O. The molecule has 0 bridgehead atoms. The van der Waals surface area contributed by atoms with Crippen molar-refractivity contribution >= 4 is 73.6 Å². The number of anilines is 1. The molecular weight excluding hydrogens is 965 g/mol. The van der Waals surface area contributed by atoms with Gasteiger partial charge in [0.15, 0.2) is 5.78 Å². The Bertz CT molecular complexity index is 2720. The second-order valence-corrected chi connectivity index (χ2v) is 21.9. The lowest BCUT2D eigenvalue weighted by atomic mass is 9.96. The average molecular weight is 1040 g/mol. The molecule has 15 nitrogen and oxygen atoms in total. The highest BCUT2D eigenvalue weighted by molar-refractivity contribution is 7.99. The van der Waals surface area contributed by atoms with Crippen LogP contribution in [-0.4, -0.2) is 105 Å². The zero-order valence-corrected chi connectivity index (χ0v) is 45.3. The van der Waals surface area contributed by atoms with Gasteiger partial charge in [-0.3, -0.25) is 28.8 Å². The number of aryl methyl sites for hydroxylation is 1. The monoisotopic (exact) mass is 1040 g/mol. The number of benzene rings is 4. The third-order valence-electron chi connectivity index (χ3n) is 12.6. The van der Waals surface area contributed by atoms with Crippen LogP contribution in [0.2, 0.25) is 0 Å². The van der Waals surface area contributed by atoms with Gasteiger partial charge < -0.3 is 31.3 Å². The summed E-state index contributed by atoms with van der Waals surface area (Å²) in [5.74, 6) is -4.35. The van der Waals surface area contributed by atoms with E-state index in [1.807, 2.05) is 93.5 Å². The molecule has 0 aromatic heterocycles. The number of carboxylic acid groups (broad SMARTS) is 1. The van der Waals surface area contributed by atoms with E-state index in [0.717, 1.165) is 48.9 Å². The summed E-state index contributed by atoms with van der Waals surface area (Å²) in [5.41, 5.74) is 5.71. The molecule has 0 aliphatic rings. The van der Waals surface area contributed by atoms with Gasteiger partial charge in [0, 0.05) is 53.2 Å². The number of allylic oxidation sites excluding steroid dienone is 3. The molecule has 394 valence electrons. The van der Waals surface area contributed by atoms with Gasteiger partial charge in [0.1, 0.15) is 24.2 Å². The number of hydrogen-bond acceptors (Lipinski definition) is 10. The Morgan fingerprint density at radius 1 is 0.712 bits per heavy atom. The van der Waals surface area contributed by atoms with Crippen molar-refractivity contribution in [2.75, 3.05) is 37.0 Å². The highest BCUT2D eigenvalue weighted by Crippen LogP contribution is 2.30. The van der Waals surface area contributed by atoms with Crippen molar-refractivity contribution in [3.05, 3.63) is 131 Å². The minimum absolute atomic E-state index is 0.0113. The summed E-state index contributed by atoms with van der Waals surface area (Å²) in [6, 6.07) is 22.7. The van der Waals surface area contributed by atoms with Crippen LogP contribution in [0.3, 0.4) is 0 Å². The number of carbonyl (C=O) groups is 6. The van der Waals surface area contributed by atoms with E-state index in [-0.39, 0.29) is 22.3 Å². The fourth-order valence-electron chi connectivity index (χ4n) is 7.99. The molecule has 4 amide bonds. The second-order valence-electron chi connectivity index (χ2n) is 19.1. The van der Waals surface area contributed by atoms with E-state index < -0.39 is 76.3 Å². The number of ketones is 1. The molecule has 4 rings (SSSR count). The zero-order chi connectivity index (χ0) is 53.8. The average Bonchev–Trinajstić information content (AvgIpc) is 3.36. The lowest BCUT2D eigenvalue weighted by Crippen LogP contribution is -2.60. The quantitative estimate of drug-likeness (QED) is 0.0177. The molecule has 0 spiro atoms. The maximum Gasteiger partial charge on any atom is 0.325 e. The molecular formula is C56H74N6O9S2. The Labute approximate surface area is 435 Å². The van der Waals surface area contributed by atoms with Gasteiger partial charge in [-0.15, -0.1) is 0 Å². The van der Waals surface area contributed by atoms with Crippen LogP contribution >= 0.6 is 11.8 Å². The summed E-state index contributed by atoms with van der Waals surface area (Å²) in [5, 5.41) is 21.1. The van der Waals surface area contributed by atoms with Gasteiger partial charge in [-0.05, 0) is 88.5 Å². The zero-order valence-electron chi connectivity index (χ0n) is 43.6. The Kier molecular flexibility index (Phi) is 23.4. The van der Waals surface area contributed by atoms with Gasteiger partial charge in [0.25, 0.3) is 0 Å². The third-order valence-corrected chi connectivity index (χ3v) is 15.0. The van der Waals surface area contributed by atoms with E-state index in [1.165, 1.54) is 30.3 Å². The molecule has 0 saturated heterocycles. The summed E-state index contributed by atoms with van der Waals surface area (Å²) < 4.78 is 29.8. The number of fused-ring (bicyclic) bond motifs is 1. The molecule has 0 heterocycles. The molecule has 17 heteroatoms. The number of amides is 4. The van der Waals surface area contributed by atoms with Crippen LogP contribution in [0.5, 0.6) is 0 Å². The van der Waals surface area contributed by atoms with Crippen LogP contribution in [0.1, 0.15) is 102 Å². The van der Waals surface area contributed by atoms with Crippen molar-refractivity contribution in [1.29, 1.82) is 0 Å². The largest absolute Gasteiger partial charge is 0.480 e. The number of carboxylic acids is 1. The number of hydrogen-bond donors (Lipinski definition) is 6. The molecule has 0 aliphatic carbocycles. The molecule has 5 atom stereocenters. The first-order valence-electron chi connectivity index (χ1n) is 24.8. The van der Waals surface area contributed by atoms with Crippen LogP contribution in [0, 0.1) is 11.8 Å². The van der Waals surface area contributed by atoms with Gasteiger partial charge in [-0.2, -0.15) is 11.8 Å². The van der Waals surface area contributed by atoms with Gasteiger partial charge in [0.05, 0.1) is 11.4 Å². The number of sulfonamides is 1. The van der Waals surface area contributed by atoms with E-state index in [0.29, 0.717) is 34.1 Å². The molecule has 0 fully saturated rings. The molecule has 6 N–H and O–H groups in total. The Hall–Kier alpha value is -6.30. The van der Waals surface area contributed by atoms with Crippen molar-refractivity contribution < 1.29 is 42.3 Å².